The molecule has 0 aliphatic carbocycles. The predicted octanol–water partition coefficient (Wildman–Crippen LogP) is 2.15. The van der Waals surface area contributed by atoms with E-state index < -0.39 is 5.82 Å². The van der Waals surface area contributed by atoms with Gasteiger partial charge in [0.1, 0.15) is 5.82 Å². The molecule has 3 heterocycles. The molecule has 0 atom stereocenters. The summed E-state index contributed by atoms with van der Waals surface area (Å²) < 4.78 is 14.1. The number of nitrogens with one attached hydrogen (secondary N) is 2. The maximum Gasteiger partial charge on any atom is 0.253 e. The van der Waals surface area contributed by atoms with Gasteiger partial charge in [-0.2, -0.15) is 0 Å². The normalized spacial score (nSPS) is 13.5. The van der Waals surface area contributed by atoms with Gasteiger partial charge in [-0.25, -0.2) is 14.4 Å². The summed E-state index contributed by atoms with van der Waals surface area (Å²) in [6.45, 7) is 0.604. The Morgan fingerprint density at radius 2 is 2.12 bits per heavy atom. The van der Waals surface area contributed by atoms with Crippen molar-refractivity contribution in [2.24, 2.45) is 0 Å². The molecular weight excluding hydrogens is 309 g/mol. The average Bonchev–Trinajstić information content (AvgIpc) is 3.01. The van der Waals surface area contributed by atoms with Crippen molar-refractivity contribution in [3.8, 4) is 22.8 Å². The summed E-state index contributed by atoms with van der Waals surface area (Å²) in [5, 5.41) is 2.80. The van der Waals surface area contributed by atoms with E-state index in [0.29, 0.717) is 23.5 Å². The minimum Gasteiger partial charge on any atom is -0.398 e. The van der Waals surface area contributed by atoms with Crippen molar-refractivity contribution in [1.82, 2.24) is 20.3 Å². The van der Waals surface area contributed by atoms with E-state index in [2.05, 4.69) is 20.3 Å². The van der Waals surface area contributed by atoms with Crippen molar-refractivity contribution >= 4 is 11.6 Å². The number of nitrogens with two attached hydrogens (primary N) is 1. The number of carbonyl (C=O) groups excluding carboxylic acids is 1. The van der Waals surface area contributed by atoms with Crippen molar-refractivity contribution in [2.45, 2.75) is 6.42 Å². The largest absolute Gasteiger partial charge is 0.398 e. The molecule has 0 spiro atoms. The van der Waals surface area contributed by atoms with Crippen molar-refractivity contribution < 1.29 is 9.18 Å². The highest BCUT2D eigenvalue weighted by molar-refractivity contribution is 5.97. The molecule has 7 heteroatoms. The first-order valence-corrected chi connectivity index (χ1v) is 7.51. The third-order valence-corrected chi connectivity index (χ3v) is 4.01. The zero-order valence-corrected chi connectivity index (χ0v) is 12.6. The fraction of sp³-hybridized carbons (Fsp3) is 0.118. The molecule has 0 saturated carbocycles. The lowest BCUT2D eigenvalue weighted by Gasteiger charge is -2.10. The number of nitrogens with zero attached hydrogens (tertiary/aromatic N) is 2. The Labute approximate surface area is 136 Å². The highest BCUT2D eigenvalue weighted by Gasteiger charge is 2.21. The Kier molecular flexibility index (Phi) is 3.26. The Bertz CT molecular complexity index is 930. The molecule has 6 nitrogen and oxygen atoms in total. The van der Waals surface area contributed by atoms with Gasteiger partial charge in [-0.1, -0.05) is 6.07 Å². The fourth-order valence-electron chi connectivity index (χ4n) is 2.84. The smallest absolute Gasteiger partial charge is 0.253 e. The van der Waals surface area contributed by atoms with E-state index in [1.165, 1.54) is 12.1 Å². The number of H-pyrrole nitrogens is 1. The van der Waals surface area contributed by atoms with Crippen LogP contribution in [0.1, 0.15) is 16.1 Å². The molecule has 1 aliphatic heterocycles. The summed E-state index contributed by atoms with van der Waals surface area (Å²) in [4.78, 5) is 23.6. The van der Waals surface area contributed by atoms with Crippen LogP contribution in [0, 0.1) is 5.82 Å². The summed E-state index contributed by atoms with van der Waals surface area (Å²) in [6, 6.07) is 7.91. The minimum atomic E-state index is -0.475. The van der Waals surface area contributed by atoms with E-state index in [0.717, 1.165) is 12.1 Å². The number of benzene rings is 1. The van der Waals surface area contributed by atoms with Crippen LogP contribution in [0.25, 0.3) is 22.8 Å². The average molecular weight is 323 g/mol. The van der Waals surface area contributed by atoms with Crippen molar-refractivity contribution in [3.63, 3.8) is 0 Å². The number of aromatic amines is 1. The van der Waals surface area contributed by atoms with E-state index in [4.69, 9.17) is 5.73 Å². The number of nitrogen functional groups attached to an aromatic ring is 1. The number of hydrogen-bond acceptors (Lipinski definition) is 4. The maximum absolute atomic E-state index is 14.1. The van der Waals surface area contributed by atoms with E-state index >= 15 is 0 Å². The van der Waals surface area contributed by atoms with E-state index in [-0.39, 0.29) is 23.0 Å². The third-order valence-electron chi connectivity index (χ3n) is 4.01. The lowest BCUT2D eigenvalue weighted by Crippen LogP contribution is -2.31. The molecular formula is C17H14FN5O. The first-order chi connectivity index (χ1) is 11.6. The first-order valence-electron chi connectivity index (χ1n) is 7.51. The molecule has 1 amide bonds. The number of carbonyl (C=O) groups is 1. The van der Waals surface area contributed by atoms with Gasteiger partial charge < -0.3 is 16.0 Å². The van der Waals surface area contributed by atoms with Crippen molar-refractivity contribution in [2.75, 3.05) is 12.3 Å². The summed E-state index contributed by atoms with van der Waals surface area (Å²) in [7, 11) is 0. The molecule has 0 fully saturated rings. The molecule has 0 radical (unpaired) electrons. The molecule has 1 aliphatic rings. The van der Waals surface area contributed by atoms with E-state index in [1.54, 1.807) is 24.4 Å². The van der Waals surface area contributed by atoms with Crippen LogP contribution in [-0.4, -0.2) is 27.4 Å². The van der Waals surface area contributed by atoms with Crippen LogP contribution in [0.15, 0.2) is 36.5 Å². The van der Waals surface area contributed by atoms with E-state index in [1.807, 2.05) is 0 Å². The van der Waals surface area contributed by atoms with Crippen LogP contribution < -0.4 is 11.1 Å². The van der Waals surface area contributed by atoms with Crippen LogP contribution >= 0.6 is 0 Å². The molecule has 3 aromatic rings. The first kappa shape index (κ1) is 14.4. The fourth-order valence-corrected chi connectivity index (χ4v) is 2.84. The number of rotatable bonds is 2. The van der Waals surface area contributed by atoms with Gasteiger partial charge in [0.05, 0.1) is 22.5 Å². The summed E-state index contributed by atoms with van der Waals surface area (Å²) in [5.41, 5.74) is 9.06. The Morgan fingerprint density at radius 3 is 2.92 bits per heavy atom. The minimum absolute atomic E-state index is 0.105. The van der Waals surface area contributed by atoms with Crippen molar-refractivity contribution in [1.29, 1.82) is 0 Å². The lowest BCUT2D eigenvalue weighted by molar-refractivity contribution is 0.0946. The zero-order chi connectivity index (χ0) is 16.7. The van der Waals surface area contributed by atoms with Crippen LogP contribution in [0.3, 0.4) is 0 Å². The third kappa shape index (κ3) is 2.30. The molecule has 0 saturated heterocycles. The standard InChI is InChI=1S/C17H14FN5O/c18-10-2-1-3-11(19)15(10)16-20-6-5-13(23-16)14-8-9-12(22-14)4-7-21-17(9)24/h1-3,5-6,8,22H,4,7,19H2,(H,21,24). The number of aromatic nitrogens is 3. The van der Waals surface area contributed by atoms with Gasteiger partial charge in [0, 0.05) is 30.5 Å². The van der Waals surface area contributed by atoms with Crippen LogP contribution in [0.5, 0.6) is 0 Å². The summed E-state index contributed by atoms with van der Waals surface area (Å²) in [6.07, 6.45) is 2.28. The number of anilines is 1. The van der Waals surface area contributed by atoms with Crippen LogP contribution in [0.4, 0.5) is 10.1 Å². The molecule has 1 aromatic carbocycles. The van der Waals surface area contributed by atoms with Gasteiger partial charge in [-0.05, 0) is 24.3 Å². The van der Waals surface area contributed by atoms with Crippen molar-refractivity contribution in [3.05, 3.63) is 53.6 Å². The van der Waals surface area contributed by atoms with Gasteiger partial charge in [0.2, 0.25) is 0 Å². The molecule has 120 valence electrons. The SMILES string of the molecule is Nc1cccc(F)c1-c1nccc(-c2cc3c([nH]2)CCNC3=O)n1. The second kappa shape index (κ2) is 5.45. The molecule has 24 heavy (non-hydrogen) atoms. The monoisotopic (exact) mass is 323 g/mol. The highest BCUT2D eigenvalue weighted by atomic mass is 19.1. The van der Waals surface area contributed by atoms with Gasteiger partial charge >= 0.3 is 0 Å². The predicted molar refractivity (Wildman–Crippen MR) is 87.7 cm³/mol. The summed E-state index contributed by atoms with van der Waals surface area (Å²) >= 11 is 0. The molecule has 2 aromatic heterocycles. The van der Waals surface area contributed by atoms with Gasteiger partial charge in [0.15, 0.2) is 5.82 Å². The topological polar surface area (TPSA) is 96.7 Å². The molecule has 4 N–H and O–H groups in total. The Balaban J connectivity index is 1.80. The quantitative estimate of drug-likeness (QED) is 0.630. The second-order valence-electron chi connectivity index (χ2n) is 5.55. The summed E-state index contributed by atoms with van der Waals surface area (Å²) in [5.74, 6) is -0.371. The van der Waals surface area contributed by atoms with Crippen LogP contribution in [-0.2, 0) is 6.42 Å². The van der Waals surface area contributed by atoms with Crippen LogP contribution in [0.2, 0.25) is 0 Å². The number of amides is 1. The molecule has 0 unspecified atom stereocenters. The van der Waals surface area contributed by atoms with Gasteiger partial charge in [-0.3, -0.25) is 4.79 Å². The Morgan fingerprint density at radius 1 is 1.25 bits per heavy atom. The maximum atomic E-state index is 14.1. The number of hydrogen-bond donors (Lipinski definition) is 3. The van der Waals surface area contributed by atoms with E-state index in [9.17, 15) is 9.18 Å². The highest BCUT2D eigenvalue weighted by Crippen LogP contribution is 2.28. The second-order valence-corrected chi connectivity index (χ2v) is 5.55. The number of fused-ring (bicyclic) bond motifs is 1. The zero-order valence-electron chi connectivity index (χ0n) is 12.6. The van der Waals surface area contributed by atoms with Gasteiger partial charge in [-0.15, -0.1) is 0 Å². The molecule has 4 rings (SSSR count). The Hall–Kier alpha value is -3.22. The lowest BCUT2D eigenvalue weighted by atomic mass is 10.1. The number of halogens is 1. The molecule has 0 bridgehead atoms. The van der Waals surface area contributed by atoms with Gasteiger partial charge in [0.25, 0.3) is 5.91 Å².